The Kier molecular flexibility index (Phi) is 3.48. The first kappa shape index (κ1) is 12.8. The molecule has 0 aliphatic carbocycles. The number of hydrogen-bond acceptors (Lipinski definition) is 2. The Balaban J connectivity index is 2.34. The van der Waals surface area contributed by atoms with Crippen LogP contribution >= 0.6 is 0 Å². The van der Waals surface area contributed by atoms with E-state index in [2.05, 4.69) is 56.1 Å². The summed E-state index contributed by atoms with van der Waals surface area (Å²) in [5, 5.41) is 0. The normalized spacial score (nSPS) is 11.6. The van der Waals surface area contributed by atoms with Crippen LogP contribution in [0, 0.1) is 0 Å². The van der Waals surface area contributed by atoms with E-state index < -0.39 is 0 Å². The molecule has 2 rings (SSSR count). The second-order valence-corrected chi connectivity index (χ2v) is 5.61. The first-order valence-corrected chi connectivity index (χ1v) is 6.25. The fraction of sp³-hybridized carbons (Fsp3) is 0.312. The number of hydrogen-bond donors (Lipinski definition) is 1. The number of benzene rings is 1. The molecule has 2 aromatic rings. The molecule has 1 aromatic carbocycles. The van der Waals surface area contributed by atoms with Crippen molar-refractivity contribution in [2.75, 3.05) is 0 Å². The van der Waals surface area contributed by atoms with E-state index >= 15 is 0 Å². The van der Waals surface area contributed by atoms with E-state index in [1.807, 2.05) is 12.4 Å². The Morgan fingerprint density at radius 2 is 1.67 bits per heavy atom. The lowest BCUT2D eigenvalue weighted by molar-refractivity contribution is 0.590. The van der Waals surface area contributed by atoms with Crippen LogP contribution in [0.2, 0.25) is 0 Å². The van der Waals surface area contributed by atoms with Crippen LogP contribution < -0.4 is 5.73 Å². The fourth-order valence-electron chi connectivity index (χ4n) is 1.92. The molecule has 0 saturated carbocycles. The quantitative estimate of drug-likeness (QED) is 0.872. The van der Waals surface area contributed by atoms with Gasteiger partial charge in [0.1, 0.15) is 0 Å². The Morgan fingerprint density at radius 3 is 2.22 bits per heavy atom. The topological polar surface area (TPSA) is 38.9 Å². The van der Waals surface area contributed by atoms with Gasteiger partial charge in [-0.15, -0.1) is 0 Å². The molecule has 2 nitrogen and oxygen atoms in total. The third-order valence-electron chi connectivity index (χ3n) is 3.11. The van der Waals surface area contributed by atoms with Crippen LogP contribution in [0.3, 0.4) is 0 Å². The molecular formula is C16H20N2. The molecule has 0 spiro atoms. The molecule has 0 fully saturated rings. The van der Waals surface area contributed by atoms with Gasteiger partial charge in [0.05, 0.1) is 0 Å². The zero-order valence-electron chi connectivity index (χ0n) is 11.3. The van der Waals surface area contributed by atoms with Crippen molar-refractivity contribution < 1.29 is 0 Å². The summed E-state index contributed by atoms with van der Waals surface area (Å²) in [7, 11) is 0. The van der Waals surface area contributed by atoms with Crippen LogP contribution in [-0.4, -0.2) is 4.98 Å². The van der Waals surface area contributed by atoms with Crippen molar-refractivity contribution in [2.24, 2.45) is 5.73 Å². The summed E-state index contributed by atoms with van der Waals surface area (Å²) >= 11 is 0. The van der Waals surface area contributed by atoms with E-state index in [1.165, 1.54) is 11.1 Å². The van der Waals surface area contributed by atoms with Crippen molar-refractivity contribution in [1.82, 2.24) is 4.98 Å². The highest BCUT2D eigenvalue weighted by Crippen LogP contribution is 2.26. The van der Waals surface area contributed by atoms with Crippen molar-refractivity contribution in [2.45, 2.75) is 32.7 Å². The van der Waals surface area contributed by atoms with Crippen molar-refractivity contribution >= 4 is 0 Å². The smallest absolute Gasteiger partial charge is 0.0346 e. The molecule has 18 heavy (non-hydrogen) atoms. The summed E-state index contributed by atoms with van der Waals surface area (Å²) in [5.41, 5.74) is 10.5. The standard InChI is InChI=1S/C16H20N2/c1-16(2,3)15-6-4-13(5-7-15)14-8-12(9-17)10-18-11-14/h4-8,10-11H,9,17H2,1-3H3. The Labute approximate surface area is 109 Å². The van der Waals surface area contributed by atoms with E-state index in [1.54, 1.807) is 0 Å². The average Bonchev–Trinajstić information content (AvgIpc) is 2.38. The molecule has 0 radical (unpaired) electrons. The summed E-state index contributed by atoms with van der Waals surface area (Å²) in [5.74, 6) is 0. The zero-order chi connectivity index (χ0) is 13.2. The largest absolute Gasteiger partial charge is 0.326 e. The molecule has 0 aliphatic rings. The van der Waals surface area contributed by atoms with E-state index in [0.717, 1.165) is 11.1 Å². The maximum absolute atomic E-state index is 5.64. The zero-order valence-corrected chi connectivity index (χ0v) is 11.3. The Morgan fingerprint density at radius 1 is 1.00 bits per heavy atom. The molecule has 0 unspecified atom stereocenters. The second kappa shape index (κ2) is 4.91. The molecule has 0 bridgehead atoms. The van der Waals surface area contributed by atoms with Crippen LogP contribution in [0.1, 0.15) is 31.9 Å². The van der Waals surface area contributed by atoms with Gasteiger partial charge in [-0.25, -0.2) is 0 Å². The SMILES string of the molecule is CC(C)(C)c1ccc(-c2cncc(CN)c2)cc1. The van der Waals surface area contributed by atoms with Gasteiger partial charge in [0.25, 0.3) is 0 Å². The maximum atomic E-state index is 5.64. The van der Waals surface area contributed by atoms with Gasteiger partial charge in [-0.3, -0.25) is 4.98 Å². The lowest BCUT2D eigenvalue weighted by Crippen LogP contribution is -2.10. The molecule has 0 saturated heterocycles. The van der Waals surface area contributed by atoms with Crippen LogP contribution in [0.25, 0.3) is 11.1 Å². The predicted octanol–water partition coefficient (Wildman–Crippen LogP) is 3.50. The van der Waals surface area contributed by atoms with Gasteiger partial charge in [-0.05, 0) is 28.2 Å². The summed E-state index contributed by atoms with van der Waals surface area (Å²) in [4.78, 5) is 4.22. The molecule has 2 N–H and O–H groups in total. The third kappa shape index (κ3) is 2.77. The van der Waals surface area contributed by atoms with E-state index in [4.69, 9.17) is 5.73 Å². The first-order valence-electron chi connectivity index (χ1n) is 6.25. The van der Waals surface area contributed by atoms with Crippen molar-refractivity contribution in [1.29, 1.82) is 0 Å². The monoisotopic (exact) mass is 240 g/mol. The van der Waals surface area contributed by atoms with Gasteiger partial charge in [-0.2, -0.15) is 0 Å². The molecule has 2 heteroatoms. The van der Waals surface area contributed by atoms with Crippen molar-refractivity contribution in [3.63, 3.8) is 0 Å². The summed E-state index contributed by atoms with van der Waals surface area (Å²) in [6.45, 7) is 7.19. The number of aromatic nitrogens is 1. The van der Waals surface area contributed by atoms with Gasteiger partial charge in [0.15, 0.2) is 0 Å². The highest BCUT2D eigenvalue weighted by molar-refractivity contribution is 5.63. The number of pyridine rings is 1. The van der Waals surface area contributed by atoms with E-state index in [0.29, 0.717) is 6.54 Å². The number of nitrogens with zero attached hydrogens (tertiary/aromatic N) is 1. The van der Waals surface area contributed by atoms with Gasteiger partial charge in [0.2, 0.25) is 0 Å². The van der Waals surface area contributed by atoms with Crippen LogP contribution in [-0.2, 0) is 12.0 Å². The molecule has 1 heterocycles. The van der Waals surface area contributed by atoms with Gasteiger partial charge in [0, 0.05) is 24.5 Å². The molecule has 0 amide bonds. The summed E-state index contributed by atoms with van der Waals surface area (Å²) < 4.78 is 0. The molecule has 1 aromatic heterocycles. The lowest BCUT2D eigenvalue weighted by Gasteiger charge is -2.19. The van der Waals surface area contributed by atoms with Crippen LogP contribution in [0.4, 0.5) is 0 Å². The maximum Gasteiger partial charge on any atom is 0.0346 e. The highest BCUT2D eigenvalue weighted by atomic mass is 14.6. The van der Waals surface area contributed by atoms with Gasteiger partial charge >= 0.3 is 0 Å². The molecule has 0 atom stereocenters. The van der Waals surface area contributed by atoms with Crippen molar-refractivity contribution in [3.05, 3.63) is 53.9 Å². The number of rotatable bonds is 2. The van der Waals surface area contributed by atoms with E-state index in [9.17, 15) is 0 Å². The summed E-state index contributed by atoms with van der Waals surface area (Å²) in [6.07, 6.45) is 3.69. The minimum Gasteiger partial charge on any atom is -0.326 e. The average molecular weight is 240 g/mol. The van der Waals surface area contributed by atoms with Crippen molar-refractivity contribution in [3.8, 4) is 11.1 Å². The highest BCUT2D eigenvalue weighted by Gasteiger charge is 2.13. The Hall–Kier alpha value is -1.67. The van der Waals surface area contributed by atoms with Crippen LogP contribution in [0.15, 0.2) is 42.7 Å². The Bertz CT molecular complexity index is 522. The minimum atomic E-state index is 0.190. The third-order valence-corrected chi connectivity index (χ3v) is 3.11. The minimum absolute atomic E-state index is 0.190. The van der Waals surface area contributed by atoms with Crippen LogP contribution in [0.5, 0.6) is 0 Å². The van der Waals surface area contributed by atoms with Gasteiger partial charge in [-0.1, -0.05) is 45.0 Å². The fourth-order valence-corrected chi connectivity index (χ4v) is 1.92. The predicted molar refractivity (Wildman–Crippen MR) is 76.3 cm³/mol. The molecule has 94 valence electrons. The van der Waals surface area contributed by atoms with E-state index in [-0.39, 0.29) is 5.41 Å². The molecular weight excluding hydrogens is 220 g/mol. The second-order valence-electron chi connectivity index (χ2n) is 5.61. The first-order chi connectivity index (χ1) is 8.50. The lowest BCUT2D eigenvalue weighted by atomic mass is 9.86. The van der Waals surface area contributed by atoms with Gasteiger partial charge < -0.3 is 5.73 Å². The summed E-state index contributed by atoms with van der Waals surface area (Å²) in [6, 6.07) is 10.8. The number of nitrogens with two attached hydrogens (primary N) is 1. The molecule has 0 aliphatic heterocycles.